The van der Waals surface area contributed by atoms with E-state index in [0.717, 1.165) is 43.9 Å². The van der Waals surface area contributed by atoms with Crippen molar-refractivity contribution in [3.05, 3.63) is 47.5 Å². The minimum Gasteiger partial charge on any atom is -0.459 e. The summed E-state index contributed by atoms with van der Waals surface area (Å²) < 4.78 is 5.81. The van der Waals surface area contributed by atoms with Crippen LogP contribution in [0, 0.1) is 29.6 Å². The van der Waals surface area contributed by atoms with E-state index >= 15 is 0 Å². The second-order valence-electron chi connectivity index (χ2n) is 11.0. The van der Waals surface area contributed by atoms with E-state index in [9.17, 15) is 4.79 Å². The largest absolute Gasteiger partial charge is 0.459 e. The summed E-state index contributed by atoms with van der Waals surface area (Å²) in [5, 5.41) is 0. The molecule has 1 aromatic rings. The van der Waals surface area contributed by atoms with Gasteiger partial charge < -0.3 is 4.74 Å². The van der Waals surface area contributed by atoms with Crippen molar-refractivity contribution in [3.63, 3.8) is 0 Å². The Kier molecular flexibility index (Phi) is 12.5. The van der Waals surface area contributed by atoms with Gasteiger partial charge in [0.05, 0.1) is 5.56 Å². The van der Waals surface area contributed by atoms with Gasteiger partial charge in [0.2, 0.25) is 0 Å². The summed E-state index contributed by atoms with van der Waals surface area (Å²) in [5.74, 6) is 8.74. The molecule has 0 aliphatic heterocycles. The molecule has 2 nitrogen and oxygen atoms in total. The Morgan fingerprint density at radius 3 is 2.26 bits per heavy atom. The lowest BCUT2D eigenvalue weighted by atomic mass is 9.79. The van der Waals surface area contributed by atoms with Crippen LogP contribution >= 0.6 is 0 Å². The third-order valence-electron chi connectivity index (χ3n) is 8.05. The van der Waals surface area contributed by atoms with E-state index in [0.29, 0.717) is 11.5 Å². The summed E-state index contributed by atoms with van der Waals surface area (Å²) in [6.45, 7) is 4.51. The van der Waals surface area contributed by atoms with Crippen LogP contribution in [0.1, 0.15) is 126 Å². The topological polar surface area (TPSA) is 26.3 Å². The van der Waals surface area contributed by atoms with Gasteiger partial charge in [-0.25, -0.2) is 4.79 Å². The van der Waals surface area contributed by atoms with E-state index in [1.165, 1.54) is 76.2 Å². The third kappa shape index (κ3) is 10.2. The normalized spacial score (nSPS) is 24.6. The summed E-state index contributed by atoms with van der Waals surface area (Å²) in [7, 11) is 0. The fourth-order valence-electron chi connectivity index (χ4n) is 5.63. The summed E-state index contributed by atoms with van der Waals surface area (Å²) >= 11 is 0. The number of carbonyl (C=O) groups is 1. The van der Waals surface area contributed by atoms with Crippen LogP contribution in [0.2, 0.25) is 0 Å². The maximum atomic E-state index is 12.6. The van der Waals surface area contributed by atoms with Crippen LogP contribution < -0.4 is 0 Å². The first-order valence-corrected chi connectivity index (χ1v) is 14.7. The molecule has 0 amide bonds. The summed E-state index contributed by atoms with van der Waals surface area (Å²) in [6, 6.07) is 8.00. The van der Waals surface area contributed by atoms with E-state index in [1.807, 2.05) is 12.1 Å². The SMILES string of the molecule is CCCCCc1ccc(C(=O)OC2CCC(C#C/C=C/C3CCC(CCCCC)CC3)CC2)cc1. The Morgan fingerprint density at radius 2 is 1.57 bits per heavy atom. The average molecular weight is 477 g/mol. The van der Waals surface area contributed by atoms with Crippen LogP contribution in [-0.4, -0.2) is 12.1 Å². The van der Waals surface area contributed by atoms with Gasteiger partial charge in [0.1, 0.15) is 6.10 Å². The molecule has 0 atom stereocenters. The summed E-state index contributed by atoms with van der Waals surface area (Å²) in [5.41, 5.74) is 1.98. The van der Waals surface area contributed by atoms with Gasteiger partial charge in [-0.15, -0.1) is 0 Å². The number of hydrogen-bond donors (Lipinski definition) is 0. The smallest absolute Gasteiger partial charge is 0.338 e. The van der Waals surface area contributed by atoms with Gasteiger partial charge in [0, 0.05) is 5.92 Å². The van der Waals surface area contributed by atoms with Gasteiger partial charge in [0.25, 0.3) is 0 Å². The highest BCUT2D eigenvalue weighted by Gasteiger charge is 2.23. The molecule has 0 unspecified atom stereocenters. The lowest BCUT2D eigenvalue weighted by Gasteiger charge is -2.26. The Bertz CT molecular complexity index is 809. The summed E-state index contributed by atoms with van der Waals surface area (Å²) in [4.78, 5) is 12.6. The van der Waals surface area contributed by atoms with Gasteiger partial charge in [-0.3, -0.25) is 0 Å². The van der Waals surface area contributed by atoms with Crippen LogP contribution in [0.25, 0.3) is 0 Å². The fraction of sp³-hybridized carbons (Fsp3) is 0.667. The zero-order valence-corrected chi connectivity index (χ0v) is 22.4. The number of benzene rings is 1. The predicted molar refractivity (Wildman–Crippen MR) is 147 cm³/mol. The first kappa shape index (κ1) is 27.6. The second kappa shape index (κ2) is 15.9. The molecular weight excluding hydrogens is 428 g/mol. The highest BCUT2D eigenvalue weighted by Crippen LogP contribution is 2.32. The van der Waals surface area contributed by atoms with Crippen LogP contribution in [0.5, 0.6) is 0 Å². The second-order valence-corrected chi connectivity index (χ2v) is 11.0. The number of allylic oxidation sites excluding steroid dienone is 2. The Labute approximate surface area is 215 Å². The molecule has 0 heterocycles. The van der Waals surface area contributed by atoms with Crippen LogP contribution in [-0.2, 0) is 11.2 Å². The monoisotopic (exact) mass is 476 g/mol. The quantitative estimate of drug-likeness (QED) is 0.181. The molecule has 1 aromatic carbocycles. The van der Waals surface area contributed by atoms with E-state index in [1.54, 1.807) is 0 Å². The molecule has 2 fully saturated rings. The lowest BCUT2D eigenvalue weighted by molar-refractivity contribution is 0.0188. The number of hydrogen-bond acceptors (Lipinski definition) is 2. The van der Waals surface area contributed by atoms with Crippen molar-refractivity contribution in [2.24, 2.45) is 17.8 Å². The highest BCUT2D eigenvalue weighted by atomic mass is 16.5. The van der Waals surface area contributed by atoms with Gasteiger partial charge in [-0.05, 0) is 99.8 Å². The number of ether oxygens (including phenoxy) is 1. The van der Waals surface area contributed by atoms with Crippen molar-refractivity contribution in [2.45, 2.75) is 123 Å². The molecule has 0 radical (unpaired) electrons. The van der Waals surface area contributed by atoms with Crippen molar-refractivity contribution in [2.75, 3.05) is 0 Å². The molecule has 0 bridgehead atoms. The molecule has 2 heteroatoms. The van der Waals surface area contributed by atoms with Crippen molar-refractivity contribution in [1.29, 1.82) is 0 Å². The van der Waals surface area contributed by atoms with E-state index < -0.39 is 0 Å². The minimum atomic E-state index is -0.178. The molecule has 35 heavy (non-hydrogen) atoms. The molecule has 2 saturated carbocycles. The van der Waals surface area contributed by atoms with Gasteiger partial charge >= 0.3 is 5.97 Å². The molecule has 0 spiro atoms. The van der Waals surface area contributed by atoms with E-state index in [2.05, 4.69) is 50.0 Å². The molecule has 0 saturated heterocycles. The molecular formula is C33H48O2. The van der Waals surface area contributed by atoms with Crippen LogP contribution in [0.3, 0.4) is 0 Å². The average Bonchev–Trinajstić information content (AvgIpc) is 2.89. The molecule has 3 rings (SSSR count). The molecule has 0 N–H and O–H groups in total. The van der Waals surface area contributed by atoms with E-state index in [4.69, 9.17) is 4.74 Å². The lowest BCUT2D eigenvalue weighted by Crippen LogP contribution is -2.24. The first-order valence-electron chi connectivity index (χ1n) is 14.7. The molecule has 2 aliphatic carbocycles. The zero-order valence-electron chi connectivity index (χ0n) is 22.4. The molecule has 0 aromatic heterocycles. The standard InChI is InChI=1S/C33H48O2/c1-3-5-7-11-27-15-17-28(18-16-27)13-9-10-14-30-21-25-32(26-22-30)35-33(34)31-23-19-29(20-24-31)12-8-6-4-2/h9,13,19-20,23-24,27-28,30,32H,3-8,11-12,15-18,21-22,25-26H2,1-2H3/b13-9+. The van der Waals surface area contributed by atoms with Crippen molar-refractivity contribution >= 4 is 5.97 Å². The van der Waals surface area contributed by atoms with Crippen molar-refractivity contribution in [3.8, 4) is 11.8 Å². The fourth-order valence-corrected chi connectivity index (χ4v) is 5.63. The first-order chi connectivity index (χ1) is 17.2. The van der Waals surface area contributed by atoms with Crippen LogP contribution in [0.15, 0.2) is 36.4 Å². The Hall–Kier alpha value is -2.01. The minimum absolute atomic E-state index is 0.0350. The number of unbranched alkanes of at least 4 members (excludes halogenated alkanes) is 4. The molecule has 2 aliphatic rings. The van der Waals surface area contributed by atoms with Gasteiger partial charge in [-0.1, -0.05) is 82.4 Å². The van der Waals surface area contributed by atoms with Crippen molar-refractivity contribution < 1.29 is 9.53 Å². The van der Waals surface area contributed by atoms with E-state index in [-0.39, 0.29) is 12.1 Å². The zero-order chi connectivity index (χ0) is 24.7. The maximum Gasteiger partial charge on any atom is 0.338 e. The number of aryl methyl sites for hydroxylation is 1. The summed E-state index contributed by atoms with van der Waals surface area (Å²) in [6.07, 6.45) is 24.3. The Balaban J connectivity index is 1.31. The van der Waals surface area contributed by atoms with Gasteiger partial charge in [0.15, 0.2) is 0 Å². The van der Waals surface area contributed by atoms with Crippen LogP contribution in [0.4, 0.5) is 0 Å². The molecule has 192 valence electrons. The number of carbonyl (C=O) groups excluding carboxylic acids is 1. The van der Waals surface area contributed by atoms with Gasteiger partial charge in [-0.2, -0.15) is 0 Å². The number of rotatable bonds is 11. The predicted octanol–water partition coefficient (Wildman–Crippen LogP) is 9.08. The third-order valence-corrected chi connectivity index (χ3v) is 8.05. The maximum absolute atomic E-state index is 12.6. The van der Waals surface area contributed by atoms with Crippen molar-refractivity contribution in [1.82, 2.24) is 0 Å². The number of esters is 1. The highest BCUT2D eigenvalue weighted by molar-refractivity contribution is 5.89. The Morgan fingerprint density at radius 1 is 0.886 bits per heavy atom.